The van der Waals surface area contributed by atoms with Crippen LogP contribution in [0, 0.1) is 11.7 Å². The predicted molar refractivity (Wildman–Crippen MR) is 128 cm³/mol. The molecule has 10 heteroatoms. The topological polar surface area (TPSA) is 114 Å². The zero-order valence-corrected chi connectivity index (χ0v) is 20.1. The fourth-order valence-corrected chi connectivity index (χ4v) is 4.05. The van der Waals surface area contributed by atoms with Crippen LogP contribution < -0.4 is 20.1 Å². The quantitative estimate of drug-likeness (QED) is 0.419. The maximum absolute atomic E-state index is 14.5. The molecular formula is C25H28ClFN2O6. The van der Waals surface area contributed by atoms with E-state index in [4.69, 9.17) is 26.2 Å². The number of amides is 2. The minimum atomic E-state index is -0.815. The highest BCUT2D eigenvalue weighted by Crippen LogP contribution is 2.29. The summed E-state index contributed by atoms with van der Waals surface area (Å²) in [4.78, 5) is 35.6. The van der Waals surface area contributed by atoms with E-state index < -0.39 is 17.7 Å². The maximum Gasteiger partial charge on any atom is 0.306 e. The van der Waals surface area contributed by atoms with Gasteiger partial charge in [0.05, 0.1) is 23.7 Å². The third-order valence-electron chi connectivity index (χ3n) is 5.70. The second kappa shape index (κ2) is 12.4. The van der Waals surface area contributed by atoms with Crippen LogP contribution in [0.4, 0.5) is 4.39 Å². The number of benzene rings is 2. The van der Waals surface area contributed by atoms with Gasteiger partial charge in [0.1, 0.15) is 5.75 Å². The summed E-state index contributed by atoms with van der Waals surface area (Å²) in [5.74, 6) is -2.18. The van der Waals surface area contributed by atoms with E-state index in [1.807, 2.05) is 6.92 Å². The third kappa shape index (κ3) is 7.32. The molecule has 0 spiro atoms. The van der Waals surface area contributed by atoms with Crippen LogP contribution in [-0.4, -0.2) is 48.7 Å². The lowest BCUT2D eigenvalue weighted by atomic mass is 9.87. The summed E-state index contributed by atoms with van der Waals surface area (Å²) in [7, 11) is 0. The van der Waals surface area contributed by atoms with E-state index in [2.05, 4.69) is 10.6 Å². The van der Waals surface area contributed by atoms with Crippen molar-refractivity contribution in [2.75, 3.05) is 19.7 Å². The molecule has 8 nitrogen and oxygen atoms in total. The number of hydrogen-bond donors (Lipinski definition) is 3. The van der Waals surface area contributed by atoms with Gasteiger partial charge in [0, 0.05) is 24.2 Å². The molecule has 0 unspecified atom stereocenters. The van der Waals surface area contributed by atoms with Crippen LogP contribution in [0.5, 0.6) is 11.5 Å². The van der Waals surface area contributed by atoms with Gasteiger partial charge in [-0.1, -0.05) is 11.6 Å². The largest absolute Gasteiger partial charge is 0.492 e. The molecule has 2 amide bonds. The highest BCUT2D eigenvalue weighted by atomic mass is 35.5. The summed E-state index contributed by atoms with van der Waals surface area (Å²) in [5, 5.41) is 14.7. The molecule has 1 aliphatic rings. The number of ether oxygens (including phenoxy) is 2. The molecular weight excluding hydrogens is 479 g/mol. The van der Waals surface area contributed by atoms with Gasteiger partial charge in [-0.15, -0.1) is 0 Å². The van der Waals surface area contributed by atoms with Gasteiger partial charge in [0.15, 0.2) is 11.6 Å². The van der Waals surface area contributed by atoms with Crippen LogP contribution >= 0.6 is 11.6 Å². The van der Waals surface area contributed by atoms with Crippen molar-refractivity contribution < 1.29 is 33.4 Å². The lowest BCUT2D eigenvalue weighted by Crippen LogP contribution is -2.34. The summed E-state index contributed by atoms with van der Waals surface area (Å²) in [5.41, 5.74) is 0.480. The van der Waals surface area contributed by atoms with E-state index in [0.29, 0.717) is 48.6 Å². The molecule has 0 heterocycles. The van der Waals surface area contributed by atoms with E-state index in [0.717, 1.165) is 6.07 Å². The molecule has 0 radical (unpaired) electrons. The summed E-state index contributed by atoms with van der Waals surface area (Å²) < 4.78 is 25.5. The zero-order valence-electron chi connectivity index (χ0n) is 19.3. The number of carboxylic acids is 1. The first-order valence-corrected chi connectivity index (χ1v) is 11.8. The predicted octanol–water partition coefficient (Wildman–Crippen LogP) is 4.06. The summed E-state index contributed by atoms with van der Waals surface area (Å²) in [6.07, 6.45) is 1.79. The Labute approximate surface area is 207 Å². The number of hydrogen-bond acceptors (Lipinski definition) is 5. The molecule has 2 aromatic rings. The lowest BCUT2D eigenvalue weighted by Gasteiger charge is -2.27. The highest BCUT2D eigenvalue weighted by molar-refractivity contribution is 6.32. The summed E-state index contributed by atoms with van der Waals surface area (Å²) >= 11 is 6.10. The second-order valence-corrected chi connectivity index (χ2v) is 8.57. The van der Waals surface area contributed by atoms with Gasteiger partial charge in [-0.05, 0) is 69.0 Å². The van der Waals surface area contributed by atoms with Crippen molar-refractivity contribution >= 4 is 29.4 Å². The van der Waals surface area contributed by atoms with Crippen molar-refractivity contribution in [2.24, 2.45) is 5.92 Å². The van der Waals surface area contributed by atoms with Gasteiger partial charge in [-0.3, -0.25) is 14.4 Å². The van der Waals surface area contributed by atoms with Crippen molar-refractivity contribution in [1.82, 2.24) is 10.6 Å². The fraction of sp³-hybridized carbons (Fsp3) is 0.400. The molecule has 1 saturated carbocycles. The van der Waals surface area contributed by atoms with E-state index in [1.165, 1.54) is 18.2 Å². The molecule has 0 aliphatic heterocycles. The van der Waals surface area contributed by atoms with Crippen LogP contribution in [0.25, 0.3) is 0 Å². The molecule has 35 heavy (non-hydrogen) atoms. The molecule has 3 rings (SSSR count). The average molecular weight is 507 g/mol. The molecule has 1 fully saturated rings. The Balaban J connectivity index is 1.44. The standard InChI is InChI=1S/C25H28ClFN2O6/c1-2-34-21-9-5-16(13-19(21)26)23(30)28-11-12-29-24(31)17-6-10-22(20(27)14-17)35-18-7-3-15(4-8-18)25(32)33/h5-6,9-10,13-15,18H,2-4,7-8,11-12H2,1H3,(H,28,30)(H,29,31)(H,32,33)/t15-,18+. The Hall–Kier alpha value is -3.33. The maximum atomic E-state index is 14.5. The van der Waals surface area contributed by atoms with Crippen molar-refractivity contribution in [3.05, 3.63) is 58.4 Å². The van der Waals surface area contributed by atoms with Crippen LogP contribution in [-0.2, 0) is 4.79 Å². The number of carboxylic acid groups (broad SMARTS) is 1. The van der Waals surface area contributed by atoms with Crippen molar-refractivity contribution in [1.29, 1.82) is 0 Å². The molecule has 2 aromatic carbocycles. The van der Waals surface area contributed by atoms with Gasteiger partial charge < -0.3 is 25.2 Å². The third-order valence-corrected chi connectivity index (χ3v) is 6.00. The average Bonchev–Trinajstić information content (AvgIpc) is 2.84. The van der Waals surface area contributed by atoms with Crippen molar-refractivity contribution in [2.45, 2.75) is 38.7 Å². The van der Waals surface area contributed by atoms with Crippen molar-refractivity contribution in [3.63, 3.8) is 0 Å². The first kappa shape index (κ1) is 26.3. The molecule has 0 saturated heterocycles. The Morgan fingerprint density at radius 1 is 0.971 bits per heavy atom. The molecule has 188 valence electrons. The molecule has 3 N–H and O–H groups in total. The Kier molecular flexibility index (Phi) is 9.31. The minimum absolute atomic E-state index is 0.0293. The molecule has 0 aromatic heterocycles. The minimum Gasteiger partial charge on any atom is -0.492 e. The first-order chi connectivity index (χ1) is 16.8. The zero-order chi connectivity index (χ0) is 25.4. The SMILES string of the molecule is CCOc1ccc(C(=O)NCCNC(=O)c2ccc(O[C@H]3CC[C@@H](C(=O)O)CC3)c(F)c2)cc1Cl. The number of aliphatic carboxylic acids is 1. The van der Waals surface area contributed by atoms with Crippen molar-refractivity contribution in [3.8, 4) is 11.5 Å². The van der Waals surface area contributed by atoms with E-state index in [1.54, 1.807) is 12.1 Å². The Bertz CT molecular complexity index is 1070. The van der Waals surface area contributed by atoms with Gasteiger partial charge in [-0.25, -0.2) is 4.39 Å². The van der Waals surface area contributed by atoms with E-state index in [9.17, 15) is 18.8 Å². The first-order valence-electron chi connectivity index (χ1n) is 11.5. The Morgan fingerprint density at radius 2 is 1.54 bits per heavy atom. The van der Waals surface area contributed by atoms with E-state index >= 15 is 0 Å². The van der Waals surface area contributed by atoms with Gasteiger partial charge in [0.2, 0.25) is 0 Å². The fourth-order valence-electron chi connectivity index (χ4n) is 3.82. The smallest absolute Gasteiger partial charge is 0.306 e. The van der Waals surface area contributed by atoms with Gasteiger partial charge in [0.25, 0.3) is 11.8 Å². The molecule has 1 aliphatic carbocycles. The van der Waals surface area contributed by atoms with Crippen LogP contribution in [0.2, 0.25) is 5.02 Å². The van der Waals surface area contributed by atoms with Gasteiger partial charge in [-0.2, -0.15) is 0 Å². The number of halogens is 2. The normalized spacial score (nSPS) is 17.3. The Morgan fingerprint density at radius 3 is 2.06 bits per heavy atom. The summed E-state index contributed by atoms with van der Waals surface area (Å²) in [6, 6.07) is 8.65. The van der Waals surface area contributed by atoms with Crippen LogP contribution in [0.3, 0.4) is 0 Å². The monoisotopic (exact) mass is 506 g/mol. The highest BCUT2D eigenvalue weighted by Gasteiger charge is 2.27. The van der Waals surface area contributed by atoms with E-state index in [-0.39, 0.29) is 42.3 Å². The molecule has 0 bridgehead atoms. The number of carbonyl (C=O) groups is 3. The number of carbonyl (C=O) groups excluding carboxylic acids is 2. The number of rotatable bonds is 10. The molecule has 0 atom stereocenters. The summed E-state index contributed by atoms with van der Waals surface area (Å²) in [6.45, 7) is 2.60. The van der Waals surface area contributed by atoms with Crippen LogP contribution in [0.15, 0.2) is 36.4 Å². The van der Waals surface area contributed by atoms with Crippen LogP contribution in [0.1, 0.15) is 53.3 Å². The number of nitrogens with one attached hydrogen (secondary N) is 2. The second-order valence-electron chi connectivity index (χ2n) is 8.16. The van der Waals surface area contributed by atoms with Gasteiger partial charge >= 0.3 is 5.97 Å². The lowest BCUT2D eigenvalue weighted by molar-refractivity contribution is -0.143.